The van der Waals surface area contributed by atoms with Crippen LogP contribution in [-0.4, -0.2) is 15.8 Å². The van der Waals surface area contributed by atoms with Gasteiger partial charge in [-0.15, -0.1) is 0 Å². The second-order valence-corrected chi connectivity index (χ2v) is 2.98. The van der Waals surface area contributed by atoms with E-state index in [2.05, 4.69) is 21.9 Å². The first kappa shape index (κ1) is 11.0. The number of amidine groups is 1. The van der Waals surface area contributed by atoms with Crippen molar-refractivity contribution in [1.82, 2.24) is 9.97 Å². The van der Waals surface area contributed by atoms with Gasteiger partial charge < -0.3 is 16.8 Å². The lowest BCUT2D eigenvalue weighted by atomic mass is 10.3. The van der Waals surface area contributed by atoms with Crippen LogP contribution in [0.4, 0.5) is 5.82 Å². The lowest BCUT2D eigenvalue weighted by Crippen LogP contribution is -2.19. The average molecular weight is 206 g/mol. The molecule has 6 nitrogen and oxygen atoms in total. The fourth-order valence-corrected chi connectivity index (χ4v) is 1.03. The number of nitrogens with zero attached hydrogens (tertiary/aromatic N) is 2. The minimum Gasteiger partial charge on any atom is -0.386 e. The summed E-state index contributed by atoms with van der Waals surface area (Å²) >= 11 is 0. The molecule has 0 aliphatic rings. The van der Waals surface area contributed by atoms with Crippen LogP contribution in [0.25, 0.3) is 0 Å². The summed E-state index contributed by atoms with van der Waals surface area (Å²) < 4.78 is 0. The van der Waals surface area contributed by atoms with E-state index in [0.29, 0.717) is 11.5 Å². The number of nitrogens with two attached hydrogens (primary N) is 2. The second kappa shape index (κ2) is 4.41. The van der Waals surface area contributed by atoms with Crippen molar-refractivity contribution in [3.63, 3.8) is 0 Å². The minimum atomic E-state index is -0.151. The molecule has 0 amide bonds. The molecule has 0 bridgehead atoms. The molecule has 6 N–H and O–H groups in total. The van der Waals surface area contributed by atoms with E-state index in [9.17, 15) is 0 Å². The van der Waals surface area contributed by atoms with Gasteiger partial charge in [0.15, 0.2) is 5.82 Å². The highest BCUT2D eigenvalue weighted by atomic mass is 15.1. The van der Waals surface area contributed by atoms with Gasteiger partial charge in [-0.05, 0) is 6.42 Å². The molecule has 0 fully saturated rings. The van der Waals surface area contributed by atoms with Crippen LogP contribution in [0.3, 0.4) is 0 Å². The summed E-state index contributed by atoms with van der Waals surface area (Å²) in [6, 6.07) is 0. The first-order valence-corrected chi connectivity index (χ1v) is 4.46. The van der Waals surface area contributed by atoms with Gasteiger partial charge in [0.2, 0.25) is 0 Å². The standard InChI is InChI=1S/C9H14N6/c1-3-6-4-13-9(14-5(2)10)7(15-6)8(11)12/h4H,2-3,10H2,1H3,(H3,11,12)(H,13,14). The van der Waals surface area contributed by atoms with Crippen molar-refractivity contribution >= 4 is 11.7 Å². The Balaban J connectivity index is 3.15. The monoisotopic (exact) mass is 206 g/mol. The summed E-state index contributed by atoms with van der Waals surface area (Å²) in [5.74, 6) is 0.435. The Morgan fingerprint density at radius 2 is 2.27 bits per heavy atom. The maximum atomic E-state index is 7.36. The average Bonchev–Trinajstić information content (AvgIpc) is 2.17. The zero-order valence-electron chi connectivity index (χ0n) is 8.54. The van der Waals surface area contributed by atoms with E-state index in [1.165, 1.54) is 0 Å². The van der Waals surface area contributed by atoms with Crippen LogP contribution < -0.4 is 16.8 Å². The van der Waals surface area contributed by atoms with Gasteiger partial charge in [-0.3, -0.25) is 5.41 Å². The number of anilines is 1. The number of aryl methyl sites for hydroxylation is 1. The van der Waals surface area contributed by atoms with Crippen LogP contribution in [0.2, 0.25) is 0 Å². The Morgan fingerprint density at radius 1 is 1.60 bits per heavy atom. The first-order valence-electron chi connectivity index (χ1n) is 4.46. The van der Waals surface area contributed by atoms with Gasteiger partial charge in [-0.1, -0.05) is 13.5 Å². The third-order valence-electron chi connectivity index (χ3n) is 1.72. The Morgan fingerprint density at radius 3 is 2.73 bits per heavy atom. The van der Waals surface area contributed by atoms with E-state index in [1.807, 2.05) is 6.92 Å². The van der Waals surface area contributed by atoms with Crippen LogP contribution in [0, 0.1) is 5.41 Å². The van der Waals surface area contributed by atoms with E-state index >= 15 is 0 Å². The summed E-state index contributed by atoms with van der Waals surface area (Å²) in [7, 11) is 0. The molecule has 0 radical (unpaired) electrons. The first-order chi connectivity index (χ1) is 7.04. The van der Waals surface area contributed by atoms with Gasteiger partial charge in [0.1, 0.15) is 11.5 Å². The van der Waals surface area contributed by atoms with E-state index in [0.717, 1.165) is 12.1 Å². The van der Waals surface area contributed by atoms with Crippen LogP contribution in [0.1, 0.15) is 18.3 Å². The molecule has 0 atom stereocenters. The maximum Gasteiger partial charge on any atom is 0.161 e. The molecule has 0 aliphatic heterocycles. The largest absolute Gasteiger partial charge is 0.386 e. The predicted molar refractivity (Wildman–Crippen MR) is 59.4 cm³/mol. The highest BCUT2D eigenvalue weighted by molar-refractivity contribution is 5.97. The molecule has 1 aromatic rings. The van der Waals surface area contributed by atoms with Gasteiger partial charge in [0.05, 0.1) is 17.7 Å². The van der Waals surface area contributed by atoms with Crippen LogP contribution in [0.15, 0.2) is 18.6 Å². The number of hydrogen-bond donors (Lipinski definition) is 4. The molecule has 0 saturated heterocycles. The Bertz CT molecular complexity index is 398. The van der Waals surface area contributed by atoms with E-state index in [-0.39, 0.29) is 11.7 Å². The maximum absolute atomic E-state index is 7.36. The Labute approximate surface area is 87.9 Å². The third-order valence-corrected chi connectivity index (χ3v) is 1.72. The van der Waals surface area contributed by atoms with Gasteiger partial charge in [0.25, 0.3) is 0 Å². The lowest BCUT2D eigenvalue weighted by Gasteiger charge is -2.09. The van der Waals surface area contributed by atoms with Crippen molar-refractivity contribution in [3.05, 3.63) is 30.0 Å². The summed E-state index contributed by atoms with van der Waals surface area (Å²) in [5, 5.41) is 10.1. The quantitative estimate of drug-likeness (QED) is 0.414. The molecule has 1 heterocycles. The number of nitrogen functional groups attached to an aromatic ring is 1. The summed E-state index contributed by atoms with van der Waals surface area (Å²) in [5.41, 5.74) is 11.8. The van der Waals surface area contributed by atoms with E-state index in [4.69, 9.17) is 16.9 Å². The van der Waals surface area contributed by atoms with E-state index in [1.54, 1.807) is 6.20 Å². The molecule has 0 spiro atoms. The van der Waals surface area contributed by atoms with Crippen molar-refractivity contribution in [2.24, 2.45) is 11.5 Å². The molecule has 15 heavy (non-hydrogen) atoms. The summed E-state index contributed by atoms with van der Waals surface area (Å²) in [6.07, 6.45) is 2.34. The van der Waals surface area contributed by atoms with Crippen LogP contribution in [0.5, 0.6) is 0 Å². The smallest absolute Gasteiger partial charge is 0.161 e. The molecular weight excluding hydrogens is 192 g/mol. The van der Waals surface area contributed by atoms with Crippen molar-refractivity contribution < 1.29 is 0 Å². The van der Waals surface area contributed by atoms with Crippen molar-refractivity contribution in [2.75, 3.05) is 5.32 Å². The number of nitrogens with one attached hydrogen (secondary N) is 2. The summed E-state index contributed by atoms with van der Waals surface area (Å²) in [4.78, 5) is 8.25. The van der Waals surface area contributed by atoms with Gasteiger partial charge in [0, 0.05) is 0 Å². The SMILES string of the molecule is C=C(N)Nc1ncc(CC)nc1C(=N)N. The van der Waals surface area contributed by atoms with Gasteiger partial charge in [-0.25, -0.2) is 9.97 Å². The second-order valence-electron chi connectivity index (χ2n) is 2.98. The number of aromatic nitrogens is 2. The minimum absolute atomic E-state index is 0.151. The normalized spacial score (nSPS) is 9.67. The van der Waals surface area contributed by atoms with Crippen LogP contribution >= 0.6 is 0 Å². The summed E-state index contributed by atoms with van der Waals surface area (Å²) in [6.45, 7) is 5.43. The molecule has 0 saturated carbocycles. The number of rotatable bonds is 4. The lowest BCUT2D eigenvalue weighted by molar-refractivity contribution is 0.987. The zero-order chi connectivity index (χ0) is 11.4. The molecule has 0 unspecified atom stereocenters. The topological polar surface area (TPSA) is 114 Å². The van der Waals surface area contributed by atoms with Crippen molar-refractivity contribution in [1.29, 1.82) is 5.41 Å². The van der Waals surface area contributed by atoms with Gasteiger partial charge >= 0.3 is 0 Å². The number of hydrogen-bond acceptors (Lipinski definition) is 5. The zero-order valence-corrected chi connectivity index (χ0v) is 8.54. The highest BCUT2D eigenvalue weighted by Crippen LogP contribution is 2.10. The van der Waals surface area contributed by atoms with Crippen molar-refractivity contribution in [3.8, 4) is 0 Å². The molecular formula is C9H14N6. The molecule has 0 aromatic carbocycles. The molecule has 1 aromatic heterocycles. The molecule has 0 aliphatic carbocycles. The fraction of sp³-hybridized carbons (Fsp3) is 0.222. The molecule has 80 valence electrons. The Kier molecular flexibility index (Phi) is 3.22. The molecule has 1 rings (SSSR count). The predicted octanol–water partition coefficient (Wildman–Crippen LogP) is 0.165. The fourth-order valence-electron chi connectivity index (χ4n) is 1.03. The molecule has 6 heteroatoms. The van der Waals surface area contributed by atoms with Crippen molar-refractivity contribution in [2.45, 2.75) is 13.3 Å². The van der Waals surface area contributed by atoms with Gasteiger partial charge in [-0.2, -0.15) is 0 Å². The highest BCUT2D eigenvalue weighted by Gasteiger charge is 2.09. The van der Waals surface area contributed by atoms with Crippen LogP contribution in [-0.2, 0) is 6.42 Å². The third kappa shape index (κ3) is 2.67. The van der Waals surface area contributed by atoms with E-state index < -0.39 is 0 Å². The Hall–Kier alpha value is -2.11.